The Bertz CT molecular complexity index is 1040. The molecule has 0 saturated carbocycles. The van der Waals surface area contributed by atoms with Crippen LogP contribution in [0.15, 0.2) is 48.7 Å². The lowest BCUT2D eigenvalue weighted by atomic mass is 10.0. The molecule has 1 heterocycles. The smallest absolute Gasteiger partial charge is 0.242 e. The Morgan fingerprint density at radius 2 is 1.64 bits per heavy atom. The third-order valence-electron chi connectivity index (χ3n) is 4.41. The summed E-state index contributed by atoms with van der Waals surface area (Å²) in [6.07, 6.45) is 1.88. The third kappa shape index (κ3) is 4.37. The quantitative estimate of drug-likeness (QED) is 0.452. The van der Waals surface area contributed by atoms with Crippen LogP contribution in [0, 0.1) is 0 Å². The van der Waals surface area contributed by atoms with Crippen LogP contribution in [0.4, 0.5) is 0 Å². The third-order valence-corrected chi connectivity index (χ3v) is 4.41. The number of amides is 2. The molecule has 0 unspecified atom stereocenters. The molecule has 0 bridgehead atoms. The van der Waals surface area contributed by atoms with Gasteiger partial charge < -0.3 is 9.72 Å². The summed E-state index contributed by atoms with van der Waals surface area (Å²) >= 11 is 0. The molecule has 7 nitrogen and oxygen atoms in total. The molecular formula is C21H21N3O4. The molecule has 0 aliphatic rings. The number of benzene rings is 2. The molecule has 3 aromatic rings. The SMILES string of the molecule is COc1ccc(C(C)=O)cc1CC(=O)NNC(=O)Cc1c[nH]c2ccccc12. The van der Waals surface area contributed by atoms with Crippen LogP contribution in [0.2, 0.25) is 0 Å². The van der Waals surface area contributed by atoms with E-state index in [9.17, 15) is 14.4 Å². The number of ketones is 1. The Hall–Kier alpha value is -3.61. The van der Waals surface area contributed by atoms with E-state index in [-0.39, 0.29) is 24.5 Å². The van der Waals surface area contributed by atoms with Gasteiger partial charge in [-0.15, -0.1) is 0 Å². The van der Waals surface area contributed by atoms with Crippen molar-refractivity contribution < 1.29 is 19.1 Å². The standard InChI is InChI=1S/C21H21N3O4/c1-13(25)14-7-8-19(28-2)15(9-14)10-20(26)23-24-21(27)11-16-12-22-18-6-4-3-5-17(16)18/h3-9,12,22H,10-11H2,1-2H3,(H,23,26)(H,24,27). The number of methoxy groups -OCH3 is 1. The Morgan fingerprint density at radius 1 is 0.964 bits per heavy atom. The van der Waals surface area contributed by atoms with Gasteiger partial charge in [0.15, 0.2) is 5.78 Å². The van der Waals surface area contributed by atoms with Crippen molar-refractivity contribution in [2.45, 2.75) is 19.8 Å². The van der Waals surface area contributed by atoms with Crippen molar-refractivity contribution in [1.82, 2.24) is 15.8 Å². The number of nitrogens with one attached hydrogen (secondary N) is 3. The van der Waals surface area contributed by atoms with Gasteiger partial charge in [-0.2, -0.15) is 0 Å². The summed E-state index contributed by atoms with van der Waals surface area (Å²) in [4.78, 5) is 39.0. The summed E-state index contributed by atoms with van der Waals surface area (Å²) in [6.45, 7) is 1.45. The molecular weight excluding hydrogens is 358 g/mol. The summed E-state index contributed by atoms with van der Waals surface area (Å²) in [5.74, 6) is -0.338. The van der Waals surface area contributed by atoms with Gasteiger partial charge in [0.25, 0.3) is 0 Å². The van der Waals surface area contributed by atoms with Crippen LogP contribution in [0.3, 0.4) is 0 Å². The van der Waals surface area contributed by atoms with Crippen LogP contribution in [0.1, 0.15) is 28.4 Å². The first-order valence-electron chi connectivity index (χ1n) is 8.78. The van der Waals surface area contributed by atoms with Crippen LogP contribution in [0.5, 0.6) is 5.75 Å². The van der Waals surface area contributed by atoms with Crippen LogP contribution >= 0.6 is 0 Å². The van der Waals surface area contributed by atoms with Gasteiger partial charge in [0.05, 0.1) is 20.0 Å². The minimum absolute atomic E-state index is 0.0301. The highest BCUT2D eigenvalue weighted by Gasteiger charge is 2.13. The molecule has 0 aliphatic carbocycles. The predicted octanol–water partition coefficient (Wildman–Crippen LogP) is 2.31. The van der Waals surface area contributed by atoms with E-state index in [0.29, 0.717) is 16.9 Å². The molecule has 0 aliphatic heterocycles. The van der Waals surface area contributed by atoms with Crippen molar-refractivity contribution in [3.8, 4) is 5.75 Å². The Labute approximate surface area is 162 Å². The number of carbonyl (C=O) groups excluding carboxylic acids is 3. The zero-order valence-electron chi connectivity index (χ0n) is 15.7. The number of rotatable bonds is 6. The number of fused-ring (bicyclic) bond motifs is 1. The second-order valence-corrected chi connectivity index (χ2v) is 6.39. The van der Waals surface area contributed by atoms with E-state index in [1.807, 2.05) is 24.3 Å². The fourth-order valence-corrected chi connectivity index (χ4v) is 2.99. The van der Waals surface area contributed by atoms with Gasteiger partial charge in [-0.25, -0.2) is 0 Å². The van der Waals surface area contributed by atoms with E-state index < -0.39 is 5.91 Å². The second kappa shape index (κ2) is 8.39. The van der Waals surface area contributed by atoms with Crippen LogP contribution < -0.4 is 15.6 Å². The molecule has 3 rings (SSSR count). The molecule has 0 fully saturated rings. The van der Waals surface area contributed by atoms with Crippen molar-refractivity contribution in [2.24, 2.45) is 0 Å². The summed E-state index contributed by atoms with van der Waals surface area (Å²) in [6, 6.07) is 12.6. The van der Waals surface area contributed by atoms with Gasteiger partial charge in [0.2, 0.25) is 11.8 Å². The van der Waals surface area contributed by atoms with Crippen molar-refractivity contribution in [2.75, 3.05) is 7.11 Å². The van der Waals surface area contributed by atoms with Crippen molar-refractivity contribution >= 4 is 28.5 Å². The largest absolute Gasteiger partial charge is 0.496 e. The second-order valence-electron chi connectivity index (χ2n) is 6.39. The van der Waals surface area contributed by atoms with Crippen molar-refractivity contribution in [1.29, 1.82) is 0 Å². The molecule has 0 atom stereocenters. The number of hydrogen-bond acceptors (Lipinski definition) is 4. The number of para-hydroxylation sites is 1. The average molecular weight is 379 g/mol. The maximum Gasteiger partial charge on any atom is 0.242 e. The van der Waals surface area contributed by atoms with Gasteiger partial charge in [-0.1, -0.05) is 18.2 Å². The molecule has 0 saturated heterocycles. The summed E-state index contributed by atoms with van der Waals surface area (Å²) in [5.41, 5.74) is 7.68. The topological polar surface area (TPSA) is 100 Å². The first-order chi connectivity index (χ1) is 13.5. The Balaban J connectivity index is 1.59. The van der Waals surface area contributed by atoms with Crippen LogP contribution in [-0.4, -0.2) is 29.7 Å². The van der Waals surface area contributed by atoms with Gasteiger partial charge >= 0.3 is 0 Å². The molecule has 28 heavy (non-hydrogen) atoms. The normalized spacial score (nSPS) is 10.5. The highest BCUT2D eigenvalue weighted by Crippen LogP contribution is 2.21. The fourth-order valence-electron chi connectivity index (χ4n) is 2.99. The predicted molar refractivity (Wildman–Crippen MR) is 105 cm³/mol. The average Bonchev–Trinajstić information content (AvgIpc) is 3.09. The molecule has 1 aromatic heterocycles. The zero-order valence-corrected chi connectivity index (χ0v) is 15.7. The van der Waals surface area contributed by atoms with Crippen LogP contribution in [0.25, 0.3) is 10.9 Å². The van der Waals surface area contributed by atoms with Gasteiger partial charge in [-0.3, -0.25) is 25.2 Å². The van der Waals surface area contributed by atoms with E-state index in [0.717, 1.165) is 16.5 Å². The van der Waals surface area contributed by atoms with Crippen LogP contribution in [-0.2, 0) is 22.4 Å². The van der Waals surface area contributed by atoms with Gasteiger partial charge in [0, 0.05) is 28.2 Å². The number of hydrogen-bond donors (Lipinski definition) is 3. The molecule has 0 spiro atoms. The lowest BCUT2D eigenvalue weighted by Gasteiger charge is -2.11. The lowest BCUT2D eigenvalue weighted by molar-refractivity contribution is -0.128. The molecule has 7 heteroatoms. The number of hydrazine groups is 1. The van der Waals surface area contributed by atoms with E-state index in [2.05, 4.69) is 15.8 Å². The zero-order chi connectivity index (χ0) is 20.1. The number of ether oxygens (including phenoxy) is 1. The summed E-state index contributed by atoms with van der Waals surface area (Å²) in [7, 11) is 1.49. The molecule has 2 aromatic carbocycles. The van der Waals surface area contributed by atoms with E-state index in [1.165, 1.54) is 14.0 Å². The van der Waals surface area contributed by atoms with Crippen molar-refractivity contribution in [3.63, 3.8) is 0 Å². The van der Waals surface area contributed by atoms with E-state index in [1.54, 1.807) is 24.4 Å². The van der Waals surface area contributed by atoms with Crippen molar-refractivity contribution in [3.05, 3.63) is 65.4 Å². The molecule has 2 amide bonds. The molecule has 3 N–H and O–H groups in total. The van der Waals surface area contributed by atoms with E-state index in [4.69, 9.17) is 4.74 Å². The monoisotopic (exact) mass is 379 g/mol. The number of aromatic amines is 1. The number of carbonyl (C=O) groups is 3. The Morgan fingerprint density at radius 3 is 2.32 bits per heavy atom. The number of aromatic nitrogens is 1. The maximum absolute atomic E-state index is 12.2. The minimum Gasteiger partial charge on any atom is -0.496 e. The van der Waals surface area contributed by atoms with Gasteiger partial charge in [-0.05, 0) is 36.8 Å². The fraction of sp³-hybridized carbons (Fsp3) is 0.190. The first kappa shape index (κ1) is 19.2. The maximum atomic E-state index is 12.2. The first-order valence-corrected chi connectivity index (χ1v) is 8.78. The lowest BCUT2D eigenvalue weighted by Crippen LogP contribution is -2.43. The minimum atomic E-state index is -0.411. The van der Waals surface area contributed by atoms with Gasteiger partial charge in [0.1, 0.15) is 5.75 Å². The Kier molecular flexibility index (Phi) is 5.74. The number of Topliss-reactive ketones (excluding diaryl/α,β-unsaturated/α-hetero) is 1. The summed E-state index contributed by atoms with van der Waals surface area (Å²) in [5, 5.41) is 0.967. The number of H-pyrrole nitrogens is 1. The summed E-state index contributed by atoms with van der Waals surface area (Å²) < 4.78 is 5.24. The highest BCUT2D eigenvalue weighted by atomic mass is 16.5. The molecule has 0 radical (unpaired) electrons. The molecule has 144 valence electrons. The van der Waals surface area contributed by atoms with E-state index >= 15 is 0 Å². The highest BCUT2D eigenvalue weighted by molar-refractivity contribution is 5.95.